The number of carbonyl (C=O) groups is 1. The van der Waals surface area contributed by atoms with Crippen LogP contribution in [0.4, 0.5) is 4.79 Å². The largest absolute Gasteiger partial charge is 0.497 e. The van der Waals surface area contributed by atoms with E-state index in [2.05, 4.69) is 50.3 Å². The summed E-state index contributed by atoms with van der Waals surface area (Å²) in [6, 6.07) is 29.9. The van der Waals surface area contributed by atoms with Gasteiger partial charge in [0.2, 0.25) is 0 Å². The van der Waals surface area contributed by atoms with Gasteiger partial charge in [0.15, 0.2) is 5.17 Å². The topological polar surface area (TPSA) is 51.1 Å². The van der Waals surface area contributed by atoms with Gasteiger partial charge in [0.05, 0.1) is 7.11 Å². The first-order valence-corrected chi connectivity index (χ1v) is 14.9. The molecule has 5 nitrogen and oxygen atoms in total. The summed E-state index contributed by atoms with van der Waals surface area (Å²) in [5.74, 6) is 0.787. The Kier molecular flexibility index (Phi) is 9.66. The smallest absolute Gasteiger partial charge is 0.436 e. The Morgan fingerprint density at radius 3 is 2.32 bits per heavy atom. The van der Waals surface area contributed by atoms with E-state index in [1.807, 2.05) is 85.1 Å². The molecule has 1 atom stereocenters. The molecule has 0 aliphatic carbocycles. The van der Waals surface area contributed by atoms with Gasteiger partial charge in [-0.15, -0.1) is 11.3 Å². The van der Waals surface area contributed by atoms with Crippen molar-refractivity contribution < 1.29 is 14.3 Å². The molecule has 0 bridgehead atoms. The number of amides is 1. The van der Waals surface area contributed by atoms with Crippen molar-refractivity contribution in [3.63, 3.8) is 0 Å². The Hall–Kier alpha value is -3.07. The van der Waals surface area contributed by atoms with Crippen LogP contribution in [0.25, 0.3) is 0 Å². The second kappa shape index (κ2) is 13.1. The van der Waals surface area contributed by atoms with E-state index in [9.17, 15) is 4.79 Å². The zero-order chi connectivity index (χ0) is 27.0. The first-order chi connectivity index (χ1) is 18.5. The van der Waals surface area contributed by atoms with E-state index in [1.54, 1.807) is 18.4 Å². The number of nitrogens with zero attached hydrogens (tertiary/aromatic N) is 2. The number of thioether (sulfide) groups is 1. The molecule has 4 rings (SSSR count). The first-order valence-electron chi connectivity index (χ1n) is 12.0. The molecule has 0 saturated carbocycles. The SMILES string of the molecule is COc1ccc(CN(C(=NC(=O)OCc2ccccc2)SC)C(C)(c2cccs2)c2ccccc2Br)cc1. The van der Waals surface area contributed by atoms with Crippen molar-refractivity contribution in [3.8, 4) is 5.75 Å². The van der Waals surface area contributed by atoms with Crippen LogP contribution in [0, 0.1) is 0 Å². The third-order valence-corrected chi connectivity index (χ3v) is 8.69. The van der Waals surface area contributed by atoms with E-state index in [-0.39, 0.29) is 6.61 Å². The van der Waals surface area contributed by atoms with E-state index in [0.29, 0.717) is 11.7 Å². The maximum atomic E-state index is 13.0. The minimum Gasteiger partial charge on any atom is -0.497 e. The number of benzene rings is 3. The molecule has 0 fully saturated rings. The molecule has 0 spiro atoms. The van der Waals surface area contributed by atoms with Crippen molar-refractivity contribution >= 4 is 50.3 Å². The van der Waals surface area contributed by atoms with Gasteiger partial charge < -0.3 is 14.4 Å². The van der Waals surface area contributed by atoms with Crippen molar-refractivity contribution in [2.24, 2.45) is 4.99 Å². The maximum absolute atomic E-state index is 13.0. The Bertz CT molecular complexity index is 1360. The molecule has 1 unspecified atom stereocenters. The Morgan fingerprint density at radius 2 is 1.68 bits per heavy atom. The van der Waals surface area contributed by atoms with Crippen LogP contribution >= 0.6 is 39.0 Å². The fourth-order valence-corrected chi connectivity index (χ4v) is 6.41. The maximum Gasteiger partial charge on any atom is 0.436 e. The molecule has 196 valence electrons. The summed E-state index contributed by atoms with van der Waals surface area (Å²) in [6.07, 6.45) is 1.30. The molecule has 38 heavy (non-hydrogen) atoms. The molecular weight excluding hydrogens is 580 g/mol. The number of methoxy groups -OCH3 is 1. The second-order valence-electron chi connectivity index (χ2n) is 8.60. The molecule has 0 aliphatic heterocycles. The molecule has 1 heterocycles. The van der Waals surface area contributed by atoms with Gasteiger partial charge in [-0.2, -0.15) is 4.99 Å². The van der Waals surface area contributed by atoms with Crippen molar-refractivity contribution in [3.05, 3.63) is 122 Å². The van der Waals surface area contributed by atoms with Crippen LogP contribution in [0.1, 0.15) is 28.5 Å². The van der Waals surface area contributed by atoms with Crippen LogP contribution in [0.5, 0.6) is 5.75 Å². The zero-order valence-electron chi connectivity index (χ0n) is 21.5. The van der Waals surface area contributed by atoms with Crippen molar-refractivity contribution in [2.75, 3.05) is 13.4 Å². The molecule has 1 amide bonds. The van der Waals surface area contributed by atoms with Gasteiger partial charge in [-0.1, -0.05) is 94.4 Å². The van der Waals surface area contributed by atoms with E-state index >= 15 is 0 Å². The van der Waals surface area contributed by atoms with Gasteiger partial charge in [0.1, 0.15) is 17.9 Å². The minimum atomic E-state index is -0.643. The predicted octanol–water partition coefficient (Wildman–Crippen LogP) is 8.34. The Morgan fingerprint density at radius 1 is 0.974 bits per heavy atom. The lowest BCUT2D eigenvalue weighted by Gasteiger charge is -2.43. The quantitative estimate of drug-likeness (QED) is 0.149. The van der Waals surface area contributed by atoms with Gasteiger partial charge in [-0.25, -0.2) is 4.79 Å². The number of aliphatic imine (C=N–C) groups is 1. The van der Waals surface area contributed by atoms with Crippen molar-refractivity contribution in [2.45, 2.75) is 25.6 Å². The van der Waals surface area contributed by atoms with E-state index in [0.717, 1.165) is 31.8 Å². The standard InChI is InChI=1S/C30H29BrN2O3S2/c1-30(27-14-9-19-38-27,25-12-7-8-13-26(25)31)33(20-22-15-17-24(35-2)18-16-22)28(37-3)32-29(34)36-21-23-10-5-4-6-11-23/h4-19H,20-21H2,1-3H3. The normalized spacial score (nSPS) is 13.0. The summed E-state index contributed by atoms with van der Waals surface area (Å²) < 4.78 is 11.9. The van der Waals surface area contributed by atoms with Crippen LogP contribution in [0.3, 0.4) is 0 Å². The molecular formula is C30H29BrN2O3S2. The van der Waals surface area contributed by atoms with Gasteiger partial charge >= 0.3 is 6.09 Å². The third-order valence-electron chi connectivity index (χ3n) is 6.24. The number of carbonyl (C=O) groups excluding carboxylic acids is 1. The summed E-state index contributed by atoms with van der Waals surface area (Å²) in [7, 11) is 1.65. The number of hydrogen-bond acceptors (Lipinski definition) is 5. The number of ether oxygens (including phenoxy) is 2. The highest BCUT2D eigenvalue weighted by Crippen LogP contribution is 2.43. The molecule has 0 radical (unpaired) electrons. The first kappa shape index (κ1) is 28.0. The van der Waals surface area contributed by atoms with Crippen LogP contribution < -0.4 is 4.74 Å². The van der Waals surface area contributed by atoms with E-state index < -0.39 is 11.6 Å². The number of thiophene rings is 1. The number of hydrogen-bond donors (Lipinski definition) is 0. The number of halogens is 1. The zero-order valence-corrected chi connectivity index (χ0v) is 24.7. The van der Waals surface area contributed by atoms with Crippen LogP contribution in [0.15, 0.2) is 106 Å². The van der Waals surface area contributed by atoms with Gasteiger partial charge in [0.25, 0.3) is 0 Å². The highest BCUT2D eigenvalue weighted by molar-refractivity contribution is 9.10. The third kappa shape index (κ3) is 6.49. The predicted molar refractivity (Wildman–Crippen MR) is 161 cm³/mol. The Balaban J connectivity index is 1.78. The summed E-state index contributed by atoms with van der Waals surface area (Å²) >= 11 is 6.88. The van der Waals surface area contributed by atoms with Gasteiger partial charge in [0, 0.05) is 15.9 Å². The molecule has 0 N–H and O–H groups in total. The lowest BCUT2D eigenvalue weighted by Crippen LogP contribution is -2.47. The minimum absolute atomic E-state index is 0.162. The molecule has 0 aliphatic rings. The number of rotatable bonds is 8. The Labute approximate surface area is 240 Å². The monoisotopic (exact) mass is 608 g/mol. The van der Waals surface area contributed by atoms with Gasteiger partial charge in [-0.05, 0) is 59.5 Å². The number of amidine groups is 1. The van der Waals surface area contributed by atoms with Crippen LogP contribution in [-0.4, -0.2) is 29.5 Å². The fourth-order valence-electron chi connectivity index (χ4n) is 4.20. The van der Waals surface area contributed by atoms with E-state index in [1.165, 1.54) is 11.8 Å². The lowest BCUT2D eigenvalue weighted by molar-refractivity contribution is 0.149. The van der Waals surface area contributed by atoms with E-state index in [4.69, 9.17) is 9.47 Å². The summed E-state index contributed by atoms with van der Waals surface area (Å²) in [5.41, 5.74) is 2.39. The van der Waals surface area contributed by atoms with Crippen LogP contribution in [-0.2, 0) is 23.4 Å². The van der Waals surface area contributed by atoms with Crippen LogP contribution in [0.2, 0.25) is 0 Å². The summed E-state index contributed by atoms with van der Waals surface area (Å²) in [5, 5.41) is 2.63. The van der Waals surface area contributed by atoms with Crippen molar-refractivity contribution in [1.82, 2.24) is 4.90 Å². The van der Waals surface area contributed by atoms with Crippen molar-refractivity contribution in [1.29, 1.82) is 0 Å². The highest BCUT2D eigenvalue weighted by atomic mass is 79.9. The summed E-state index contributed by atoms with van der Waals surface area (Å²) in [4.78, 5) is 20.7. The molecule has 3 aromatic carbocycles. The highest BCUT2D eigenvalue weighted by Gasteiger charge is 2.40. The average Bonchev–Trinajstić information content (AvgIpc) is 3.50. The van der Waals surface area contributed by atoms with Gasteiger partial charge in [-0.3, -0.25) is 0 Å². The molecule has 0 saturated heterocycles. The lowest BCUT2D eigenvalue weighted by atomic mass is 9.88. The average molecular weight is 610 g/mol. The molecule has 1 aromatic heterocycles. The molecule has 4 aromatic rings. The molecule has 8 heteroatoms. The second-order valence-corrected chi connectivity index (χ2v) is 11.2. The summed E-state index contributed by atoms with van der Waals surface area (Å²) in [6.45, 7) is 2.84. The fraction of sp³-hybridized carbons (Fsp3) is 0.200.